The lowest BCUT2D eigenvalue weighted by Gasteiger charge is -2.29. The summed E-state index contributed by atoms with van der Waals surface area (Å²) in [6.07, 6.45) is 5.03. The minimum absolute atomic E-state index is 0.0110. The molecule has 39 heavy (non-hydrogen) atoms. The van der Waals surface area contributed by atoms with Crippen LogP contribution in [0.4, 0.5) is 15.8 Å². The van der Waals surface area contributed by atoms with Crippen molar-refractivity contribution >= 4 is 40.9 Å². The van der Waals surface area contributed by atoms with E-state index in [9.17, 15) is 24.0 Å². The minimum atomic E-state index is -0.786. The summed E-state index contributed by atoms with van der Waals surface area (Å²) in [7, 11) is 1.70. The van der Waals surface area contributed by atoms with Gasteiger partial charge in [-0.05, 0) is 50.4 Å². The number of benzene rings is 1. The van der Waals surface area contributed by atoms with Gasteiger partial charge in [-0.2, -0.15) is 10.5 Å². The number of anilines is 2. The van der Waals surface area contributed by atoms with E-state index >= 15 is 0 Å². The monoisotopic (exact) mass is 555 g/mol. The number of likely N-dealkylation sites (tertiary alicyclic amines) is 1. The van der Waals surface area contributed by atoms with Crippen molar-refractivity contribution in [2.45, 2.75) is 32.4 Å². The number of halogens is 1. The average molecular weight is 556 g/mol. The van der Waals surface area contributed by atoms with Gasteiger partial charge in [0, 0.05) is 44.5 Å². The van der Waals surface area contributed by atoms with Crippen molar-refractivity contribution in [1.82, 2.24) is 15.1 Å². The van der Waals surface area contributed by atoms with Gasteiger partial charge >= 0.3 is 0 Å². The number of nitrogens with zero attached hydrogens (tertiary/aromatic N) is 5. The first-order valence-electron chi connectivity index (χ1n) is 12.5. The van der Waals surface area contributed by atoms with Crippen LogP contribution in [0, 0.1) is 22.7 Å². The van der Waals surface area contributed by atoms with Crippen LogP contribution in [-0.4, -0.2) is 79.7 Å². The zero-order valence-electron chi connectivity index (χ0n) is 22.4. The number of alkyl halides is 1. The Labute approximate surface area is 233 Å². The van der Waals surface area contributed by atoms with Crippen LogP contribution in [-0.2, 0) is 14.4 Å². The van der Waals surface area contributed by atoms with E-state index in [1.807, 2.05) is 35.2 Å². The topological polar surface area (TPSA) is 133 Å². The highest BCUT2D eigenvalue weighted by Gasteiger charge is 2.24. The maximum absolute atomic E-state index is 13.4. The predicted molar refractivity (Wildman–Crippen MR) is 150 cm³/mol. The van der Waals surface area contributed by atoms with E-state index < -0.39 is 12.1 Å². The molecule has 1 heterocycles. The number of piperidine rings is 1. The standard InChI is InChI=1S/C27H34FN7O3S/c1-4-35(27(39-3)23(18-30)26(38)32-14-12-29)24(36)9-6-13-31-21-7-5-8-22(17-21)33(2)25(37)19-34-15-10-20(28)11-16-34/h5-8,13,17,20,31H,4,9-11,14-16,19H2,1-3H3,(H,32,38)/b13-6-,27-23-. The summed E-state index contributed by atoms with van der Waals surface area (Å²) in [6, 6.07) is 10.9. The van der Waals surface area contributed by atoms with E-state index in [0.717, 1.165) is 11.8 Å². The van der Waals surface area contributed by atoms with Gasteiger partial charge < -0.3 is 20.4 Å². The highest BCUT2D eigenvalue weighted by molar-refractivity contribution is 8.02. The van der Waals surface area contributed by atoms with Gasteiger partial charge in [0.05, 0.1) is 12.6 Å². The lowest BCUT2D eigenvalue weighted by molar-refractivity contribution is -0.127. The molecule has 12 heteroatoms. The SMILES string of the molecule is CCN(C(=O)C/C=C\Nc1cccc(N(C)C(=O)CN2CCC(F)CC2)c1)/C(SC)=C(\C#N)C(=O)NCC#N. The fraction of sp³-hybridized carbons (Fsp3) is 0.444. The van der Waals surface area contributed by atoms with Gasteiger partial charge in [0.2, 0.25) is 11.8 Å². The maximum atomic E-state index is 13.4. The Morgan fingerprint density at radius 2 is 1.95 bits per heavy atom. The van der Waals surface area contributed by atoms with Gasteiger partial charge in [-0.3, -0.25) is 19.3 Å². The number of nitrogens with one attached hydrogen (secondary N) is 2. The first-order valence-corrected chi connectivity index (χ1v) is 13.8. The fourth-order valence-corrected chi connectivity index (χ4v) is 4.71. The molecule has 2 rings (SSSR count). The van der Waals surface area contributed by atoms with Gasteiger partial charge in [0.25, 0.3) is 5.91 Å². The Morgan fingerprint density at radius 1 is 1.23 bits per heavy atom. The summed E-state index contributed by atoms with van der Waals surface area (Å²) in [5.41, 5.74) is 1.19. The van der Waals surface area contributed by atoms with Gasteiger partial charge in [-0.25, -0.2) is 4.39 Å². The van der Waals surface area contributed by atoms with Gasteiger partial charge in [0.1, 0.15) is 29.4 Å². The van der Waals surface area contributed by atoms with Crippen molar-refractivity contribution < 1.29 is 18.8 Å². The number of hydrogen-bond donors (Lipinski definition) is 2. The minimum Gasteiger partial charge on any atom is -0.362 e. The third-order valence-electron chi connectivity index (χ3n) is 6.08. The van der Waals surface area contributed by atoms with Crippen LogP contribution in [0.25, 0.3) is 0 Å². The summed E-state index contributed by atoms with van der Waals surface area (Å²) in [5, 5.41) is 23.8. The Morgan fingerprint density at radius 3 is 2.56 bits per heavy atom. The number of amides is 3. The van der Waals surface area contributed by atoms with Crippen LogP contribution in [0.5, 0.6) is 0 Å². The average Bonchev–Trinajstić information content (AvgIpc) is 2.94. The lowest BCUT2D eigenvalue weighted by Crippen LogP contribution is -2.42. The molecule has 1 aromatic carbocycles. The number of nitriles is 2. The Hall–Kier alpha value is -3.87. The maximum Gasteiger partial charge on any atom is 0.265 e. The first kappa shape index (κ1) is 31.3. The summed E-state index contributed by atoms with van der Waals surface area (Å²) >= 11 is 1.11. The first-order chi connectivity index (χ1) is 18.7. The third-order valence-corrected chi connectivity index (χ3v) is 6.89. The molecular weight excluding hydrogens is 521 g/mol. The molecule has 3 amide bonds. The molecule has 1 aliphatic heterocycles. The molecule has 0 bridgehead atoms. The molecule has 0 atom stereocenters. The fourth-order valence-electron chi connectivity index (χ4n) is 3.91. The number of carbonyl (C=O) groups is 3. The molecule has 208 valence electrons. The molecule has 0 radical (unpaired) electrons. The molecule has 1 fully saturated rings. The van der Waals surface area contributed by atoms with Crippen LogP contribution in [0.2, 0.25) is 0 Å². The summed E-state index contributed by atoms with van der Waals surface area (Å²) in [4.78, 5) is 42.8. The lowest BCUT2D eigenvalue weighted by atomic mass is 10.1. The highest BCUT2D eigenvalue weighted by atomic mass is 32.2. The smallest absolute Gasteiger partial charge is 0.265 e. The van der Waals surface area contributed by atoms with E-state index in [2.05, 4.69) is 10.6 Å². The molecule has 0 aromatic heterocycles. The molecule has 1 aromatic rings. The molecule has 1 aliphatic rings. The quantitative estimate of drug-likeness (QED) is 0.229. The Bertz CT molecular complexity index is 1170. The molecule has 0 aliphatic carbocycles. The largest absolute Gasteiger partial charge is 0.362 e. The normalized spacial score (nSPS) is 14.6. The van der Waals surface area contributed by atoms with Crippen molar-refractivity contribution in [3.8, 4) is 12.1 Å². The van der Waals surface area contributed by atoms with Crippen molar-refractivity contribution in [1.29, 1.82) is 10.5 Å². The molecule has 0 spiro atoms. The summed E-state index contributed by atoms with van der Waals surface area (Å²) in [5.74, 6) is -1.10. The summed E-state index contributed by atoms with van der Waals surface area (Å²) < 4.78 is 13.4. The molecule has 0 unspecified atom stereocenters. The number of thioether (sulfide) groups is 1. The third kappa shape index (κ3) is 9.43. The van der Waals surface area contributed by atoms with E-state index in [1.165, 1.54) is 4.90 Å². The van der Waals surface area contributed by atoms with Gasteiger partial charge in [0.15, 0.2) is 0 Å². The Balaban J connectivity index is 1.99. The molecule has 2 N–H and O–H groups in total. The molecular formula is C27H34FN7O3S. The van der Waals surface area contributed by atoms with Crippen LogP contribution in [0.1, 0.15) is 26.2 Å². The van der Waals surface area contributed by atoms with Crippen molar-refractivity contribution in [3.63, 3.8) is 0 Å². The zero-order valence-corrected chi connectivity index (χ0v) is 23.3. The van der Waals surface area contributed by atoms with Gasteiger partial charge in [-0.15, -0.1) is 11.8 Å². The predicted octanol–water partition coefficient (Wildman–Crippen LogP) is 2.99. The van der Waals surface area contributed by atoms with E-state index in [0.29, 0.717) is 37.3 Å². The van der Waals surface area contributed by atoms with Crippen LogP contribution >= 0.6 is 11.8 Å². The number of hydrogen-bond acceptors (Lipinski definition) is 8. The van der Waals surface area contributed by atoms with Crippen LogP contribution < -0.4 is 15.5 Å². The Kier molecular flexibility index (Phi) is 13.0. The van der Waals surface area contributed by atoms with Crippen molar-refractivity contribution in [2.75, 3.05) is 56.2 Å². The zero-order chi connectivity index (χ0) is 28.8. The van der Waals surface area contributed by atoms with Crippen molar-refractivity contribution in [3.05, 3.63) is 47.1 Å². The number of rotatable bonds is 12. The van der Waals surface area contributed by atoms with E-state index in [-0.39, 0.29) is 48.5 Å². The molecule has 10 nitrogen and oxygen atoms in total. The second-order valence-electron chi connectivity index (χ2n) is 8.68. The second kappa shape index (κ2) is 16.2. The van der Waals surface area contributed by atoms with Gasteiger partial charge in [-0.1, -0.05) is 12.1 Å². The number of likely N-dealkylation sites (N-methyl/N-ethyl adjacent to an activating group) is 1. The highest BCUT2D eigenvalue weighted by Crippen LogP contribution is 2.23. The molecule has 1 saturated heterocycles. The second-order valence-corrected chi connectivity index (χ2v) is 9.47. The van der Waals surface area contributed by atoms with Crippen LogP contribution in [0.3, 0.4) is 0 Å². The van der Waals surface area contributed by atoms with Crippen molar-refractivity contribution in [2.24, 2.45) is 0 Å². The summed E-state index contributed by atoms with van der Waals surface area (Å²) in [6.45, 7) is 3.12. The van der Waals surface area contributed by atoms with E-state index in [4.69, 9.17) is 5.26 Å². The van der Waals surface area contributed by atoms with E-state index in [1.54, 1.807) is 43.5 Å². The van der Waals surface area contributed by atoms with Crippen LogP contribution in [0.15, 0.2) is 47.1 Å². The molecule has 0 saturated carbocycles. The number of carbonyl (C=O) groups excluding carboxylic acids is 3.